The lowest BCUT2D eigenvalue weighted by Gasteiger charge is -2.37. The van der Waals surface area contributed by atoms with Gasteiger partial charge in [0, 0.05) is 5.41 Å². The summed E-state index contributed by atoms with van der Waals surface area (Å²) in [5.74, 6) is 0. The van der Waals surface area contributed by atoms with Crippen LogP contribution in [-0.4, -0.2) is 0 Å². The molecule has 0 nitrogen and oxygen atoms in total. The van der Waals surface area contributed by atoms with Crippen LogP contribution in [0, 0.1) is 0 Å². The molecule has 4 aromatic rings. The summed E-state index contributed by atoms with van der Waals surface area (Å²) in [6, 6.07) is 22.7. The van der Waals surface area contributed by atoms with Crippen LogP contribution in [-0.2, 0) is 11.8 Å². The van der Waals surface area contributed by atoms with Gasteiger partial charge in [-0.05, 0) is 67.4 Å². The third kappa shape index (κ3) is 2.12. The van der Waals surface area contributed by atoms with Crippen molar-refractivity contribution in [3.8, 4) is 11.1 Å². The Kier molecular flexibility index (Phi) is 3.74. The molecule has 2 aliphatic carbocycles. The average Bonchev–Trinajstić information content (AvgIpc) is 2.73. The van der Waals surface area contributed by atoms with Crippen LogP contribution in [0.1, 0.15) is 49.9 Å². The lowest BCUT2D eigenvalue weighted by molar-refractivity contribution is 0.644. The molecule has 0 N–H and O–H groups in total. The first-order chi connectivity index (χ1) is 13.7. The molecule has 2 aliphatic rings. The predicted molar refractivity (Wildman–Crippen MR) is 123 cm³/mol. The van der Waals surface area contributed by atoms with E-state index >= 15 is 0 Å². The van der Waals surface area contributed by atoms with Crippen LogP contribution in [0.5, 0.6) is 0 Å². The number of allylic oxidation sites excluding steroid dienone is 1. The Hall–Kier alpha value is -2.86. The van der Waals surface area contributed by atoms with Gasteiger partial charge in [-0.2, -0.15) is 0 Å². The molecule has 138 valence electrons. The lowest BCUT2D eigenvalue weighted by Crippen LogP contribution is -2.25. The number of rotatable bonds is 0. The maximum Gasteiger partial charge on any atom is 0.0165 e. The molecule has 0 aliphatic heterocycles. The minimum absolute atomic E-state index is 0.0124. The zero-order valence-corrected chi connectivity index (χ0v) is 17.1. The molecule has 0 aromatic heterocycles. The molecule has 6 rings (SSSR count). The molecule has 0 radical (unpaired) electrons. The smallest absolute Gasteiger partial charge is 0.0165 e. The summed E-state index contributed by atoms with van der Waals surface area (Å²) in [5.41, 5.74) is 8.60. The molecule has 0 amide bonds. The van der Waals surface area contributed by atoms with Gasteiger partial charge in [-0.1, -0.05) is 94.4 Å². The zero-order chi connectivity index (χ0) is 19.5. The summed E-state index contributed by atoms with van der Waals surface area (Å²) < 4.78 is 0. The highest BCUT2D eigenvalue weighted by molar-refractivity contribution is 6.08. The quantitative estimate of drug-likeness (QED) is 0.298. The normalized spacial score (nSPS) is 15.1. The van der Waals surface area contributed by atoms with Crippen molar-refractivity contribution in [2.45, 2.75) is 39.5 Å². The Morgan fingerprint density at radius 3 is 2.29 bits per heavy atom. The summed E-state index contributed by atoms with van der Waals surface area (Å²) in [6.07, 6.45) is 5.73. The fourth-order valence-corrected chi connectivity index (χ4v) is 5.31. The van der Waals surface area contributed by atoms with Crippen molar-refractivity contribution in [2.75, 3.05) is 0 Å². The minimum atomic E-state index is -0.0124. The summed E-state index contributed by atoms with van der Waals surface area (Å²) >= 11 is 0. The van der Waals surface area contributed by atoms with E-state index in [0.29, 0.717) is 0 Å². The van der Waals surface area contributed by atoms with Crippen LogP contribution >= 0.6 is 0 Å². The van der Waals surface area contributed by atoms with Crippen LogP contribution in [0.2, 0.25) is 0 Å². The van der Waals surface area contributed by atoms with E-state index in [0.717, 1.165) is 6.42 Å². The topological polar surface area (TPSA) is 0 Å². The van der Waals surface area contributed by atoms with E-state index in [-0.39, 0.29) is 5.41 Å². The molecule has 4 aromatic carbocycles. The Labute approximate surface area is 167 Å². The lowest BCUT2D eigenvalue weighted by atomic mass is 9.65. The number of benzene rings is 4. The summed E-state index contributed by atoms with van der Waals surface area (Å²) in [6.45, 7) is 8.79. The Bertz CT molecular complexity index is 1260. The predicted octanol–water partition coefficient (Wildman–Crippen LogP) is 7.89. The highest BCUT2D eigenvalue weighted by Gasteiger charge is 2.36. The van der Waals surface area contributed by atoms with Crippen LogP contribution in [0.3, 0.4) is 0 Å². The second-order valence-corrected chi connectivity index (χ2v) is 8.17. The first-order valence-electron chi connectivity index (χ1n) is 10.4. The van der Waals surface area contributed by atoms with E-state index in [1.165, 1.54) is 54.9 Å². The van der Waals surface area contributed by atoms with Gasteiger partial charge in [0.2, 0.25) is 0 Å². The molecular formula is C28H26. The van der Waals surface area contributed by atoms with Gasteiger partial charge in [-0.25, -0.2) is 0 Å². The molecule has 0 fully saturated rings. The van der Waals surface area contributed by atoms with Gasteiger partial charge < -0.3 is 0 Å². The Morgan fingerprint density at radius 2 is 1.46 bits per heavy atom. The molecule has 28 heavy (non-hydrogen) atoms. The highest BCUT2D eigenvalue weighted by atomic mass is 14.4. The van der Waals surface area contributed by atoms with E-state index in [1.54, 1.807) is 0 Å². The third-order valence-corrected chi connectivity index (χ3v) is 6.41. The van der Waals surface area contributed by atoms with Gasteiger partial charge in [-0.3, -0.25) is 0 Å². The van der Waals surface area contributed by atoms with Crippen LogP contribution in [0.25, 0.3) is 38.7 Å². The van der Waals surface area contributed by atoms with Gasteiger partial charge in [0.15, 0.2) is 0 Å². The molecule has 0 bridgehead atoms. The van der Waals surface area contributed by atoms with E-state index < -0.39 is 0 Å². The second-order valence-electron chi connectivity index (χ2n) is 8.17. The van der Waals surface area contributed by atoms with Crippen molar-refractivity contribution in [1.82, 2.24) is 0 Å². The molecule has 0 saturated carbocycles. The van der Waals surface area contributed by atoms with Gasteiger partial charge in [0.1, 0.15) is 0 Å². The molecular weight excluding hydrogens is 336 g/mol. The van der Waals surface area contributed by atoms with Gasteiger partial charge in [-0.15, -0.1) is 0 Å². The van der Waals surface area contributed by atoms with Crippen LogP contribution in [0.15, 0.2) is 66.7 Å². The fourth-order valence-electron chi connectivity index (χ4n) is 5.31. The highest BCUT2D eigenvalue weighted by Crippen LogP contribution is 2.52. The van der Waals surface area contributed by atoms with Crippen LogP contribution in [0.4, 0.5) is 0 Å². The molecule has 0 atom stereocenters. The maximum atomic E-state index is 2.43. The van der Waals surface area contributed by atoms with Crippen LogP contribution < -0.4 is 0 Å². The molecule has 0 heteroatoms. The molecule has 0 spiro atoms. The fraction of sp³-hybridized carbons (Fsp3) is 0.214. The van der Waals surface area contributed by atoms with Crippen molar-refractivity contribution in [3.05, 3.63) is 89.0 Å². The van der Waals surface area contributed by atoms with E-state index in [9.17, 15) is 0 Å². The minimum Gasteiger partial charge on any atom is -0.0795 e. The van der Waals surface area contributed by atoms with Crippen molar-refractivity contribution < 1.29 is 0 Å². The standard InChI is InChI=1S/C26H20.C2H6/c1-26(2)22-14-6-10-17-9-4-12-19(24(17)22)21-15-18-11-3-7-16-8-5-13-20(23(16)18)25(21)26;1-2/h3-7,9-15H,8H2,1-2H3;1-2H3. The summed E-state index contributed by atoms with van der Waals surface area (Å²) in [5, 5.41) is 5.59. The molecule has 0 unspecified atom stereocenters. The van der Waals surface area contributed by atoms with E-state index in [4.69, 9.17) is 0 Å². The first kappa shape index (κ1) is 17.3. The van der Waals surface area contributed by atoms with Crippen molar-refractivity contribution in [1.29, 1.82) is 0 Å². The second kappa shape index (κ2) is 6.07. The summed E-state index contributed by atoms with van der Waals surface area (Å²) in [4.78, 5) is 0. The Balaban J connectivity index is 0.000000829. The number of hydrogen-bond donors (Lipinski definition) is 0. The van der Waals surface area contributed by atoms with Gasteiger partial charge in [0.25, 0.3) is 0 Å². The van der Waals surface area contributed by atoms with Gasteiger partial charge >= 0.3 is 0 Å². The SMILES string of the molecule is CC.CC1(C)c2c(cc3cccc4c3c2C=CC4)-c2cccc3cccc1c23. The first-order valence-corrected chi connectivity index (χ1v) is 10.4. The zero-order valence-electron chi connectivity index (χ0n) is 17.1. The van der Waals surface area contributed by atoms with Crippen molar-refractivity contribution >= 4 is 27.6 Å². The summed E-state index contributed by atoms with van der Waals surface area (Å²) in [7, 11) is 0. The average molecular weight is 363 g/mol. The largest absolute Gasteiger partial charge is 0.0795 e. The number of hydrogen-bond acceptors (Lipinski definition) is 0. The maximum absolute atomic E-state index is 2.43. The van der Waals surface area contributed by atoms with Crippen molar-refractivity contribution in [2.24, 2.45) is 0 Å². The third-order valence-electron chi connectivity index (χ3n) is 6.41. The van der Waals surface area contributed by atoms with Gasteiger partial charge in [0.05, 0.1) is 0 Å². The monoisotopic (exact) mass is 362 g/mol. The Morgan fingerprint density at radius 1 is 0.750 bits per heavy atom. The van der Waals surface area contributed by atoms with Crippen molar-refractivity contribution in [3.63, 3.8) is 0 Å². The molecule has 0 saturated heterocycles. The van der Waals surface area contributed by atoms with E-state index in [2.05, 4.69) is 86.7 Å². The molecule has 0 heterocycles. The number of fused-ring (bicyclic) bond motifs is 3. The van der Waals surface area contributed by atoms with E-state index in [1.807, 2.05) is 13.8 Å².